The van der Waals surface area contributed by atoms with Crippen molar-refractivity contribution in [2.75, 3.05) is 43.6 Å². The Hall–Kier alpha value is -0.880. The molecule has 0 aromatic carbocycles. The Kier molecular flexibility index (Phi) is 4.30. The molecule has 0 bridgehead atoms. The highest BCUT2D eigenvalue weighted by atomic mass is 79.9. The smallest absolute Gasteiger partial charge is 0.227 e. The maximum Gasteiger partial charge on any atom is 0.227 e. The Morgan fingerprint density at radius 3 is 2.37 bits per heavy atom. The second-order valence-corrected chi connectivity index (χ2v) is 6.43. The van der Waals surface area contributed by atoms with Crippen molar-refractivity contribution >= 4 is 27.7 Å². The standard InChI is InChI=1S/C13H21BrN4O/c1-13(2,3)10-9(14)11(15-4)17-12(16-10)18-5-7-19-8-6-18/h5-8H2,1-4H3,(H,15,16,17). The number of nitrogens with zero attached hydrogens (tertiary/aromatic N) is 3. The van der Waals surface area contributed by atoms with Gasteiger partial charge in [0.2, 0.25) is 5.95 Å². The highest BCUT2D eigenvalue weighted by Crippen LogP contribution is 2.33. The molecule has 1 aliphatic heterocycles. The average molecular weight is 329 g/mol. The van der Waals surface area contributed by atoms with E-state index in [4.69, 9.17) is 9.72 Å². The van der Waals surface area contributed by atoms with Gasteiger partial charge in [0.15, 0.2) is 0 Å². The van der Waals surface area contributed by atoms with Crippen LogP contribution in [0.2, 0.25) is 0 Å². The van der Waals surface area contributed by atoms with E-state index in [1.807, 2.05) is 7.05 Å². The maximum atomic E-state index is 5.38. The predicted molar refractivity (Wildman–Crippen MR) is 81.0 cm³/mol. The molecule has 0 atom stereocenters. The monoisotopic (exact) mass is 328 g/mol. The summed E-state index contributed by atoms with van der Waals surface area (Å²) in [5.74, 6) is 1.61. The normalized spacial score (nSPS) is 16.6. The minimum absolute atomic E-state index is 0.0333. The first kappa shape index (κ1) is 14.5. The minimum atomic E-state index is -0.0333. The molecule has 0 spiro atoms. The largest absolute Gasteiger partial charge is 0.378 e. The van der Waals surface area contributed by atoms with E-state index in [0.717, 1.165) is 48.2 Å². The molecule has 1 aromatic heterocycles. The molecule has 0 aliphatic carbocycles. The van der Waals surface area contributed by atoms with Gasteiger partial charge >= 0.3 is 0 Å². The van der Waals surface area contributed by atoms with Gasteiger partial charge < -0.3 is 15.0 Å². The van der Waals surface area contributed by atoms with Gasteiger partial charge in [0, 0.05) is 25.6 Å². The second-order valence-electron chi connectivity index (χ2n) is 5.63. The predicted octanol–water partition coefficient (Wildman–Crippen LogP) is 2.41. The van der Waals surface area contributed by atoms with Crippen molar-refractivity contribution in [3.8, 4) is 0 Å². The molecular weight excluding hydrogens is 308 g/mol. The summed E-state index contributed by atoms with van der Waals surface area (Å²) in [6.07, 6.45) is 0. The first-order valence-electron chi connectivity index (χ1n) is 6.52. The quantitative estimate of drug-likeness (QED) is 0.903. The van der Waals surface area contributed by atoms with Crippen molar-refractivity contribution in [1.82, 2.24) is 9.97 Å². The fourth-order valence-electron chi connectivity index (χ4n) is 2.00. The highest BCUT2D eigenvalue weighted by Gasteiger charge is 2.25. The SMILES string of the molecule is CNc1nc(N2CCOCC2)nc(C(C)(C)C)c1Br. The zero-order chi connectivity index (χ0) is 14.0. The van der Waals surface area contributed by atoms with E-state index in [2.05, 4.69) is 51.9 Å². The summed E-state index contributed by atoms with van der Waals surface area (Å²) in [5, 5.41) is 3.13. The third-order valence-electron chi connectivity index (χ3n) is 3.08. The molecule has 106 valence electrons. The molecule has 6 heteroatoms. The first-order chi connectivity index (χ1) is 8.93. The van der Waals surface area contributed by atoms with Crippen molar-refractivity contribution in [3.63, 3.8) is 0 Å². The van der Waals surface area contributed by atoms with Crippen LogP contribution in [0, 0.1) is 0 Å². The molecule has 19 heavy (non-hydrogen) atoms. The van der Waals surface area contributed by atoms with Gasteiger partial charge in [0.05, 0.1) is 23.4 Å². The number of aromatic nitrogens is 2. The fraction of sp³-hybridized carbons (Fsp3) is 0.692. The van der Waals surface area contributed by atoms with Crippen LogP contribution in [0.3, 0.4) is 0 Å². The summed E-state index contributed by atoms with van der Waals surface area (Å²) >= 11 is 3.60. The molecule has 1 aliphatic rings. The number of rotatable bonds is 2. The Morgan fingerprint density at radius 1 is 1.21 bits per heavy atom. The Balaban J connectivity index is 2.44. The van der Waals surface area contributed by atoms with E-state index >= 15 is 0 Å². The molecule has 1 saturated heterocycles. The minimum Gasteiger partial charge on any atom is -0.378 e. The molecule has 2 heterocycles. The van der Waals surface area contributed by atoms with Crippen LogP contribution in [0.15, 0.2) is 4.47 Å². The van der Waals surface area contributed by atoms with Crippen LogP contribution >= 0.6 is 15.9 Å². The second kappa shape index (κ2) is 5.63. The van der Waals surface area contributed by atoms with Crippen molar-refractivity contribution in [3.05, 3.63) is 10.2 Å². The number of hydrogen-bond acceptors (Lipinski definition) is 5. The molecule has 0 radical (unpaired) electrons. The van der Waals surface area contributed by atoms with Crippen molar-refractivity contribution in [2.45, 2.75) is 26.2 Å². The lowest BCUT2D eigenvalue weighted by molar-refractivity contribution is 0.122. The molecular formula is C13H21BrN4O. The fourth-order valence-corrected chi connectivity index (χ4v) is 2.97. The van der Waals surface area contributed by atoms with E-state index < -0.39 is 0 Å². The maximum absolute atomic E-state index is 5.38. The number of anilines is 2. The van der Waals surface area contributed by atoms with Crippen LogP contribution in [0.1, 0.15) is 26.5 Å². The molecule has 5 nitrogen and oxygen atoms in total. The van der Waals surface area contributed by atoms with E-state index in [-0.39, 0.29) is 5.41 Å². The van der Waals surface area contributed by atoms with Crippen molar-refractivity contribution in [1.29, 1.82) is 0 Å². The van der Waals surface area contributed by atoms with Crippen LogP contribution in [-0.4, -0.2) is 43.3 Å². The van der Waals surface area contributed by atoms with Gasteiger partial charge in [-0.3, -0.25) is 0 Å². The zero-order valence-corrected chi connectivity index (χ0v) is 13.5. The lowest BCUT2D eigenvalue weighted by Crippen LogP contribution is -2.38. The van der Waals surface area contributed by atoms with Gasteiger partial charge in [0.25, 0.3) is 0 Å². The van der Waals surface area contributed by atoms with Crippen LogP contribution in [0.25, 0.3) is 0 Å². The third kappa shape index (κ3) is 3.17. The number of nitrogens with one attached hydrogen (secondary N) is 1. The number of ether oxygens (including phenoxy) is 1. The van der Waals surface area contributed by atoms with Gasteiger partial charge in [-0.1, -0.05) is 20.8 Å². The molecule has 1 aromatic rings. The molecule has 2 rings (SSSR count). The van der Waals surface area contributed by atoms with Crippen LogP contribution in [0.4, 0.5) is 11.8 Å². The van der Waals surface area contributed by atoms with Crippen molar-refractivity contribution in [2.24, 2.45) is 0 Å². The Bertz CT molecular complexity index is 453. The third-order valence-corrected chi connectivity index (χ3v) is 3.83. The number of halogens is 1. The lowest BCUT2D eigenvalue weighted by Gasteiger charge is -2.29. The zero-order valence-electron chi connectivity index (χ0n) is 12.0. The molecule has 0 amide bonds. The van der Waals surface area contributed by atoms with E-state index in [1.54, 1.807) is 0 Å². The van der Waals surface area contributed by atoms with E-state index in [1.165, 1.54) is 0 Å². The average Bonchev–Trinajstić information content (AvgIpc) is 2.38. The van der Waals surface area contributed by atoms with E-state index in [0.29, 0.717) is 0 Å². The molecule has 1 N–H and O–H groups in total. The van der Waals surface area contributed by atoms with Crippen LogP contribution in [0.5, 0.6) is 0 Å². The van der Waals surface area contributed by atoms with Gasteiger partial charge in [-0.05, 0) is 15.9 Å². The topological polar surface area (TPSA) is 50.3 Å². The molecule has 0 unspecified atom stereocenters. The summed E-state index contributed by atoms with van der Waals surface area (Å²) in [7, 11) is 1.88. The molecule has 0 saturated carbocycles. The highest BCUT2D eigenvalue weighted by molar-refractivity contribution is 9.10. The Morgan fingerprint density at radius 2 is 1.84 bits per heavy atom. The van der Waals surface area contributed by atoms with Crippen LogP contribution in [-0.2, 0) is 10.2 Å². The van der Waals surface area contributed by atoms with Gasteiger partial charge in [0.1, 0.15) is 5.82 Å². The van der Waals surface area contributed by atoms with Gasteiger partial charge in [-0.25, -0.2) is 4.98 Å². The molecule has 1 fully saturated rings. The summed E-state index contributed by atoms with van der Waals surface area (Å²) in [4.78, 5) is 11.5. The van der Waals surface area contributed by atoms with Gasteiger partial charge in [-0.2, -0.15) is 4.98 Å². The number of morpholine rings is 1. The summed E-state index contributed by atoms with van der Waals surface area (Å²) in [6.45, 7) is 9.62. The summed E-state index contributed by atoms with van der Waals surface area (Å²) in [5.41, 5.74) is 0.988. The van der Waals surface area contributed by atoms with Crippen molar-refractivity contribution < 1.29 is 4.74 Å². The lowest BCUT2D eigenvalue weighted by atomic mass is 9.92. The number of hydrogen-bond donors (Lipinski definition) is 1. The van der Waals surface area contributed by atoms with E-state index in [9.17, 15) is 0 Å². The summed E-state index contributed by atoms with van der Waals surface area (Å²) < 4.78 is 6.32. The van der Waals surface area contributed by atoms with Crippen LogP contribution < -0.4 is 10.2 Å². The summed E-state index contributed by atoms with van der Waals surface area (Å²) in [6, 6.07) is 0. The Labute approximate surface area is 122 Å². The van der Waals surface area contributed by atoms with Gasteiger partial charge in [-0.15, -0.1) is 0 Å². The first-order valence-corrected chi connectivity index (χ1v) is 7.31.